The van der Waals surface area contributed by atoms with Gasteiger partial charge in [-0.25, -0.2) is 4.79 Å². The van der Waals surface area contributed by atoms with Gasteiger partial charge in [0, 0.05) is 7.11 Å². The number of benzene rings is 1. The number of anilines is 1. The molecule has 0 aliphatic carbocycles. The van der Waals surface area contributed by atoms with Gasteiger partial charge in [0.25, 0.3) is 0 Å². The molecule has 17 heavy (non-hydrogen) atoms. The molecule has 3 N–H and O–H groups in total. The number of aromatic carboxylic acids is 1. The van der Waals surface area contributed by atoms with Crippen molar-refractivity contribution < 1.29 is 24.5 Å². The number of carbonyl (C=O) groups excluding carboxylic acids is 1. The second kappa shape index (κ2) is 5.86. The molecule has 92 valence electrons. The van der Waals surface area contributed by atoms with Crippen molar-refractivity contribution in [3.63, 3.8) is 0 Å². The number of carbonyl (C=O) groups is 2. The van der Waals surface area contributed by atoms with Crippen molar-refractivity contribution in [2.45, 2.75) is 6.42 Å². The van der Waals surface area contributed by atoms with Gasteiger partial charge in [-0.15, -0.1) is 0 Å². The topological polar surface area (TPSA) is 95.9 Å². The lowest BCUT2D eigenvalue weighted by molar-refractivity contribution is -0.117. The van der Waals surface area contributed by atoms with E-state index in [9.17, 15) is 14.7 Å². The average Bonchev–Trinajstić information content (AvgIpc) is 2.28. The minimum atomic E-state index is -1.14. The molecular weight excluding hydrogens is 226 g/mol. The number of carboxylic acid groups (broad SMARTS) is 1. The minimum Gasteiger partial charge on any atom is -0.506 e. The molecule has 1 aromatic rings. The summed E-state index contributed by atoms with van der Waals surface area (Å²) in [7, 11) is 1.48. The fraction of sp³-hybridized carbons (Fsp3) is 0.273. The van der Waals surface area contributed by atoms with E-state index in [2.05, 4.69) is 5.32 Å². The first kappa shape index (κ1) is 13.0. The van der Waals surface area contributed by atoms with Gasteiger partial charge in [-0.05, 0) is 18.2 Å². The molecule has 6 heteroatoms. The smallest absolute Gasteiger partial charge is 0.335 e. The van der Waals surface area contributed by atoms with Crippen LogP contribution in [0.3, 0.4) is 0 Å². The molecule has 0 heterocycles. The van der Waals surface area contributed by atoms with E-state index in [1.54, 1.807) is 0 Å². The van der Waals surface area contributed by atoms with Gasteiger partial charge in [-0.1, -0.05) is 0 Å². The number of rotatable bonds is 5. The summed E-state index contributed by atoms with van der Waals surface area (Å²) in [5.41, 5.74) is 0.133. The highest BCUT2D eigenvalue weighted by atomic mass is 16.5. The fourth-order valence-electron chi connectivity index (χ4n) is 1.18. The van der Waals surface area contributed by atoms with Crippen molar-refractivity contribution in [2.75, 3.05) is 19.0 Å². The zero-order chi connectivity index (χ0) is 12.8. The van der Waals surface area contributed by atoms with E-state index in [1.807, 2.05) is 0 Å². The number of carboxylic acids is 1. The molecule has 0 aliphatic heterocycles. The molecule has 6 nitrogen and oxygen atoms in total. The van der Waals surface area contributed by atoms with E-state index < -0.39 is 5.97 Å². The van der Waals surface area contributed by atoms with Crippen LogP contribution in [0.1, 0.15) is 16.8 Å². The second-order valence-electron chi connectivity index (χ2n) is 3.33. The first-order valence-corrected chi connectivity index (χ1v) is 4.89. The third-order valence-electron chi connectivity index (χ3n) is 2.05. The maximum absolute atomic E-state index is 11.3. The number of aromatic hydroxyl groups is 1. The molecule has 1 amide bonds. The Hall–Kier alpha value is -2.08. The van der Waals surface area contributed by atoms with Crippen LogP contribution in [0.5, 0.6) is 5.75 Å². The van der Waals surface area contributed by atoms with Crippen LogP contribution < -0.4 is 5.32 Å². The highest BCUT2D eigenvalue weighted by Crippen LogP contribution is 2.24. The van der Waals surface area contributed by atoms with Gasteiger partial charge in [-0.2, -0.15) is 0 Å². The number of methoxy groups -OCH3 is 1. The minimum absolute atomic E-state index is 0.0441. The highest BCUT2D eigenvalue weighted by Gasteiger charge is 2.09. The second-order valence-corrected chi connectivity index (χ2v) is 3.33. The van der Waals surface area contributed by atoms with E-state index in [-0.39, 0.29) is 35.9 Å². The Morgan fingerprint density at radius 2 is 2.12 bits per heavy atom. The van der Waals surface area contributed by atoms with E-state index in [0.29, 0.717) is 0 Å². The number of amides is 1. The normalized spacial score (nSPS) is 9.94. The van der Waals surface area contributed by atoms with E-state index in [1.165, 1.54) is 19.2 Å². The summed E-state index contributed by atoms with van der Waals surface area (Å²) >= 11 is 0. The van der Waals surface area contributed by atoms with Gasteiger partial charge in [0.05, 0.1) is 24.3 Å². The summed E-state index contributed by atoms with van der Waals surface area (Å²) in [6, 6.07) is 3.71. The average molecular weight is 239 g/mol. The molecule has 0 fully saturated rings. The summed E-state index contributed by atoms with van der Waals surface area (Å²) in [5.74, 6) is -1.74. The molecule has 0 saturated carbocycles. The standard InChI is InChI=1S/C11H13NO5/c1-17-5-4-10(14)12-8-3-2-7(11(15)16)6-9(8)13/h2-3,6,13H,4-5H2,1H3,(H,12,14)(H,15,16). The number of nitrogens with one attached hydrogen (secondary N) is 1. The summed E-state index contributed by atoms with van der Waals surface area (Å²) in [5, 5.41) is 20.6. The maximum Gasteiger partial charge on any atom is 0.335 e. The monoisotopic (exact) mass is 239 g/mol. The van der Waals surface area contributed by atoms with Gasteiger partial charge < -0.3 is 20.3 Å². The molecule has 1 rings (SSSR count). The molecule has 0 spiro atoms. The van der Waals surface area contributed by atoms with Crippen LogP contribution in [-0.2, 0) is 9.53 Å². The van der Waals surface area contributed by atoms with Gasteiger partial charge in [0.2, 0.25) is 5.91 Å². The van der Waals surface area contributed by atoms with E-state index in [4.69, 9.17) is 9.84 Å². The Kier molecular flexibility index (Phi) is 4.47. The Balaban J connectivity index is 2.72. The van der Waals surface area contributed by atoms with Crippen LogP contribution >= 0.6 is 0 Å². The largest absolute Gasteiger partial charge is 0.506 e. The Labute approximate surface area is 97.8 Å². The zero-order valence-corrected chi connectivity index (χ0v) is 9.27. The van der Waals surface area contributed by atoms with E-state index >= 15 is 0 Å². The van der Waals surface area contributed by atoms with Crippen LogP contribution in [0, 0.1) is 0 Å². The van der Waals surface area contributed by atoms with Gasteiger partial charge in [0.1, 0.15) is 5.75 Å². The lowest BCUT2D eigenvalue weighted by atomic mass is 10.2. The predicted molar refractivity (Wildman–Crippen MR) is 60.2 cm³/mol. The van der Waals surface area contributed by atoms with Crippen LogP contribution in [0.15, 0.2) is 18.2 Å². The number of ether oxygens (including phenoxy) is 1. The Bertz CT molecular complexity index is 430. The predicted octanol–water partition coefficient (Wildman–Crippen LogP) is 1.07. The maximum atomic E-state index is 11.3. The van der Waals surface area contributed by atoms with Crippen molar-refractivity contribution in [3.8, 4) is 5.75 Å². The first-order valence-electron chi connectivity index (χ1n) is 4.89. The molecule has 0 unspecified atom stereocenters. The van der Waals surface area contributed by atoms with Crippen molar-refractivity contribution >= 4 is 17.6 Å². The van der Waals surface area contributed by atoms with Crippen LogP contribution in [0.4, 0.5) is 5.69 Å². The van der Waals surface area contributed by atoms with Gasteiger partial charge >= 0.3 is 5.97 Å². The van der Waals surface area contributed by atoms with Crippen LogP contribution in [0.2, 0.25) is 0 Å². The lowest BCUT2D eigenvalue weighted by Crippen LogP contribution is -2.13. The van der Waals surface area contributed by atoms with Crippen LogP contribution in [-0.4, -0.2) is 35.8 Å². The third kappa shape index (κ3) is 3.76. The number of hydrogen-bond donors (Lipinski definition) is 3. The van der Waals surface area contributed by atoms with Crippen molar-refractivity contribution in [1.29, 1.82) is 0 Å². The molecule has 0 atom stereocenters. The molecular formula is C11H13NO5. The summed E-state index contributed by atoms with van der Waals surface area (Å²) in [6.07, 6.45) is 0.163. The molecule has 0 aliphatic rings. The fourth-order valence-corrected chi connectivity index (χ4v) is 1.18. The molecule has 1 aromatic carbocycles. The first-order chi connectivity index (χ1) is 8.04. The van der Waals surface area contributed by atoms with E-state index in [0.717, 1.165) is 6.07 Å². The Morgan fingerprint density at radius 3 is 2.65 bits per heavy atom. The van der Waals surface area contributed by atoms with Crippen molar-refractivity contribution in [2.24, 2.45) is 0 Å². The summed E-state index contributed by atoms with van der Waals surface area (Å²) in [6.45, 7) is 0.278. The molecule has 0 saturated heterocycles. The molecule has 0 aromatic heterocycles. The highest BCUT2D eigenvalue weighted by molar-refractivity contribution is 5.94. The quantitative estimate of drug-likeness (QED) is 0.668. The number of phenols is 1. The number of phenolic OH excluding ortho intramolecular Hbond substituents is 1. The van der Waals surface area contributed by atoms with Gasteiger partial charge in [-0.3, -0.25) is 4.79 Å². The van der Waals surface area contributed by atoms with Gasteiger partial charge in [0.15, 0.2) is 0 Å². The molecule has 0 radical (unpaired) electrons. The third-order valence-corrected chi connectivity index (χ3v) is 2.05. The van der Waals surface area contributed by atoms with Crippen molar-refractivity contribution in [3.05, 3.63) is 23.8 Å². The lowest BCUT2D eigenvalue weighted by Gasteiger charge is -2.07. The Morgan fingerprint density at radius 1 is 1.41 bits per heavy atom. The van der Waals surface area contributed by atoms with Crippen LogP contribution in [0.25, 0.3) is 0 Å². The number of hydrogen-bond acceptors (Lipinski definition) is 4. The summed E-state index contributed by atoms with van der Waals surface area (Å²) in [4.78, 5) is 21.9. The SMILES string of the molecule is COCCC(=O)Nc1ccc(C(=O)O)cc1O. The zero-order valence-electron chi connectivity index (χ0n) is 9.27. The summed E-state index contributed by atoms with van der Waals surface area (Å²) < 4.78 is 4.73. The molecule has 0 bridgehead atoms. The van der Waals surface area contributed by atoms with Crippen molar-refractivity contribution in [1.82, 2.24) is 0 Å².